The highest BCUT2D eigenvalue weighted by Gasteiger charge is 2.35. The SMILES string of the molecule is Nc1c(F)cc(F)cc1N(CC1CC1)C1CC1. The average molecular weight is 238 g/mol. The first-order chi connectivity index (χ1) is 8.15. The molecule has 0 unspecified atom stereocenters. The van der Waals surface area contributed by atoms with Gasteiger partial charge < -0.3 is 10.6 Å². The quantitative estimate of drug-likeness (QED) is 0.817. The molecule has 0 amide bonds. The van der Waals surface area contributed by atoms with Crippen LogP contribution in [0.1, 0.15) is 25.7 Å². The average Bonchev–Trinajstić information content (AvgIpc) is 3.13. The molecule has 1 aromatic carbocycles. The predicted octanol–water partition coefficient (Wildman–Crippen LogP) is 2.93. The first-order valence-corrected chi connectivity index (χ1v) is 6.16. The Hall–Kier alpha value is -1.32. The van der Waals surface area contributed by atoms with Crippen LogP contribution in [0.4, 0.5) is 20.2 Å². The second kappa shape index (κ2) is 3.86. The second-order valence-corrected chi connectivity index (χ2v) is 5.15. The van der Waals surface area contributed by atoms with Gasteiger partial charge in [0.15, 0.2) is 5.82 Å². The van der Waals surface area contributed by atoms with Crippen LogP contribution in [-0.4, -0.2) is 12.6 Å². The van der Waals surface area contributed by atoms with Gasteiger partial charge in [-0.25, -0.2) is 8.78 Å². The number of benzene rings is 1. The van der Waals surface area contributed by atoms with Crippen LogP contribution in [-0.2, 0) is 0 Å². The van der Waals surface area contributed by atoms with Crippen molar-refractivity contribution in [2.45, 2.75) is 31.7 Å². The highest BCUT2D eigenvalue weighted by Crippen LogP contribution is 2.40. The summed E-state index contributed by atoms with van der Waals surface area (Å²) in [5, 5.41) is 0. The van der Waals surface area contributed by atoms with Crippen molar-refractivity contribution < 1.29 is 8.78 Å². The Morgan fingerprint density at radius 3 is 2.47 bits per heavy atom. The lowest BCUT2D eigenvalue weighted by Crippen LogP contribution is -2.29. The molecule has 0 aromatic heterocycles. The molecule has 0 heterocycles. The van der Waals surface area contributed by atoms with Gasteiger partial charge in [-0.15, -0.1) is 0 Å². The van der Waals surface area contributed by atoms with Gasteiger partial charge in [-0.2, -0.15) is 0 Å². The fourth-order valence-electron chi connectivity index (χ4n) is 2.22. The lowest BCUT2D eigenvalue weighted by molar-refractivity contribution is 0.583. The van der Waals surface area contributed by atoms with Crippen LogP contribution in [0.15, 0.2) is 12.1 Å². The maximum absolute atomic E-state index is 13.4. The minimum atomic E-state index is -0.651. The van der Waals surface area contributed by atoms with Crippen LogP contribution in [0.25, 0.3) is 0 Å². The van der Waals surface area contributed by atoms with E-state index < -0.39 is 11.6 Å². The fourth-order valence-corrected chi connectivity index (χ4v) is 2.22. The predicted molar refractivity (Wildman–Crippen MR) is 63.9 cm³/mol. The van der Waals surface area contributed by atoms with E-state index >= 15 is 0 Å². The molecule has 3 rings (SSSR count). The van der Waals surface area contributed by atoms with Gasteiger partial charge >= 0.3 is 0 Å². The molecule has 2 aliphatic carbocycles. The van der Waals surface area contributed by atoms with E-state index in [1.807, 2.05) is 0 Å². The van der Waals surface area contributed by atoms with Crippen LogP contribution in [0, 0.1) is 17.6 Å². The fraction of sp³-hybridized carbons (Fsp3) is 0.538. The standard InChI is InChI=1S/C13H16F2N2/c14-9-5-11(15)13(16)12(6-9)17(10-3-4-10)7-8-1-2-8/h5-6,8,10H,1-4,7,16H2. The van der Waals surface area contributed by atoms with E-state index in [1.54, 1.807) is 0 Å². The Balaban J connectivity index is 1.93. The Labute approximate surface area is 99.4 Å². The third-order valence-corrected chi connectivity index (χ3v) is 3.52. The van der Waals surface area contributed by atoms with Crippen molar-refractivity contribution in [3.63, 3.8) is 0 Å². The molecule has 2 N–H and O–H groups in total. The molecular weight excluding hydrogens is 222 g/mol. The summed E-state index contributed by atoms with van der Waals surface area (Å²) in [6, 6.07) is 2.64. The number of rotatable bonds is 4. The Morgan fingerprint density at radius 1 is 1.18 bits per heavy atom. The van der Waals surface area contributed by atoms with Crippen molar-refractivity contribution in [3.8, 4) is 0 Å². The maximum Gasteiger partial charge on any atom is 0.151 e. The summed E-state index contributed by atoms with van der Waals surface area (Å²) in [6.45, 7) is 0.887. The van der Waals surface area contributed by atoms with Gasteiger partial charge in [-0.1, -0.05) is 0 Å². The number of nitrogens with zero attached hydrogens (tertiary/aromatic N) is 1. The number of nitrogens with two attached hydrogens (primary N) is 1. The van der Waals surface area contributed by atoms with E-state index in [0.29, 0.717) is 17.6 Å². The summed E-state index contributed by atoms with van der Waals surface area (Å²) in [5.41, 5.74) is 6.35. The lowest BCUT2D eigenvalue weighted by atomic mass is 10.2. The van der Waals surface area contributed by atoms with E-state index in [-0.39, 0.29) is 5.69 Å². The molecule has 92 valence electrons. The molecule has 4 heteroatoms. The summed E-state index contributed by atoms with van der Waals surface area (Å²) in [6.07, 6.45) is 4.65. The highest BCUT2D eigenvalue weighted by atomic mass is 19.1. The number of halogens is 2. The van der Waals surface area contributed by atoms with Crippen LogP contribution in [0.5, 0.6) is 0 Å². The van der Waals surface area contributed by atoms with Crippen LogP contribution in [0.3, 0.4) is 0 Å². The molecular formula is C13H16F2N2. The zero-order valence-corrected chi connectivity index (χ0v) is 9.63. The van der Waals surface area contributed by atoms with Gasteiger partial charge in [-0.05, 0) is 37.7 Å². The number of nitrogen functional groups attached to an aromatic ring is 1. The Morgan fingerprint density at radius 2 is 1.88 bits per heavy atom. The first-order valence-electron chi connectivity index (χ1n) is 6.16. The van der Waals surface area contributed by atoms with Crippen molar-refractivity contribution in [1.29, 1.82) is 0 Å². The number of hydrogen-bond donors (Lipinski definition) is 1. The van der Waals surface area contributed by atoms with E-state index in [0.717, 1.165) is 25.5 Å². The molecule has 0 aliphatic heterocycles. The summed E-state index contributed by atoms with van der Waals surface area (Å²) in [7, 11) is 0. The van der Waals surface area contributed by atoms with Gasteiger partial charge in [0.1, 0.15) is 5.82 Å². The Kier molecular flexibility index (Phi) is 2.45. The number of anilines is 2. The summed E-state index contributed by atoms with van der Waals surface area (Å²) in [5.74, 6) is -0.518. The highest BCUT2D eigenvalue weighted by molar-refractivity contribution is 5.69. The minimum Gasteiger partial charge on any atom is -0.395 e. The van der Waals surface area contributed by atoms with Crippen LogP contribution >= 0.6 is 0 Å². The largest absolute Gasteiger partial charge is 0.395 e. The van der Waals surface area contributed by atoms with Gasteiger partial charge in [0, 0.05) is 18.7 Å². The smallest absolute Gasteiger partial charge is 0.151 e. The summed E-state index contributed by atoms with van der Waals surface area (Å²) >= 11 is 0. The van der Waals surface area contributed by atoms with Crippen molar-refractivity contribution in [3.05, 3.63) is 23.8 Å². The minimum absolute atomic E-state index is 0.0824. The van der Waals surface area contributed by atoms with Gasteiger partial charge in [0.25, 0.3) is 0 Å². The van der Waals surface area contributed by atoms with Crippen LogP contribution < -0.4 is 10.6 Å². The molecule has 2 nitrogen and oxygen atoms in total. The van der Waals surface area contributed by atoms with Crippen molar-refractivity contribution >= 4 is 11.4 Å². The summed E-state index contributed by atoms with van der Waals surface area (Å²) in [4.78, 5) is 2.10. The summed E-state index contributed by atoms with van der Waals surface area (Å²) < 4.78 is 26.7. The molecule has 0 atom stereocenters. The number of hydrogen-bond acceptors (Lipinski definition) is 2. The third-order valence-electron chi connectivity index (χ3n) is 3.52. The zero-order chi connectivity index (χ0) is 12.0. The van der Waals surface area contributed by atoms with Crippen LogP contribution in [0.2, 0.25) is 0 Å². The Bertz CT molecular complexity index is 439. The zero-order valence-electron chi connectivity index (χ0n) is 9.63. The molecule has 2 aliphatic rings. The molecule has 2 saturated carbocycles. The molecule has 1 aromatic rings. The van der Waals surface area contributed by atoms with E-state index in [2.05, 4.69) is 4.90 Å². The van der Waals surface area contributed by atoms with Crippen molar-refractivity contribution in [2.24, 2.45) is 5.92 Å². The third kappa shape index (κ3) is 2.21. The molecule has 2 fully saturated rings. The van der Waals surface area contributed by atoms with E-state index in [4.69, 9.17) is 5.73 Å². The van der Waals surface area contributed by atoms with Crippen molar-refractivity contribution in [1.82, 2.24) is 0 Å². The topological polar surface area (TPSA) is 29.3 Å². The monoisotopic (exact) mass is 238 g/mol. The maximum atomic E-state index is 13.4. The van der Waals surface area contributed by atoms with Crippen molar-refractivity contribution in [2.75, 3.05) is 17.2 Å². The second-order valence-electron chi connectivity index (χ2n) is 5.15. The van der Waals surface area contributed by atoms with Gasteiger partial charge in [-0.3, -0.25) is 0 Å². The molecule has 0 spiro atoms. The molecule has 0 bridgehead atoms. The van der Waals surface area contributed by atoms with Gasteiger partial charge in [0.2, 0.25) is 0 Å². The van der Waals surface area contributed by atoms with E-state index in [9.17, 15) is 8.78 Å². The lowest BCUT2D eigenvalue weighted by Gasteiger charge is -2.26. The van der Waals surface area contributed by atoms with E-state index in [1.165, 1.54) is 18.9 Å². The normalized spacial score (nSPS) is 19.4. The molecule has 0 saturated heterocycles. The molecule has 17 heavy (non-hydrogen) atoms. The molecule has 0 radical (unpaired) electrons. The van der Waals surface area contributed by atoms with Gasteiger partial charge in [0.05, 0.1) is 11.4 Å². The first kappa shape index (κ1) is 10.8.